The third kappa shape index (κ3) is 2.27. The molecule has 3 nitrogen and oxygen atoms in total. The Hall–Kier alpha value is -1.61. The van der Waals surface area contributed by atoms with Crippen molar-refractivity contribution in [3.05, 3.63) is 53.6 Å². The molecule has 2 atom stereocenters. The number of likely N-dealkylation sites (N-methyl/N-ethyl adjacent to an activating group) is 1. The van der Waals surface area contributed by atoms with Crippen molar-refractivity contribution in [3.63, 3.8) is 0 Å². The molecule has 0 saturated heterocycles. The molecule has 3 heteroatoms. The van der Waals surface area contributed by atoms with Crippen molar-refractivity contribution >= 4 is 0 Å². The van der Waals surface area contributed by atoms with Gasteiger partial charge in [-0.25, -0.2) is 4.98 Å². The quantitative estimate of drug-likeness (QED) is 0.867. The first-order chi connectivity index (χ1) is 9.85. The van der Waals surface area contributed by atoms with Gasteiger partial charge in [-0.1, -0.05) is 31.2 Å². The number of fused-ring (bicyclic) bond motifs is 1. The van der Waals surface area contributed by atoms with Crippen molar-refractivity contribution < 1.29 is 0 Å². The molecule has 0 spiro atoms. The van der Waals surface area contributed by atoms with Crippen LogP contribution in [-0.4, -0.2) is 16.6 Å². The van der Waals surface area contributed by atoms with Crippen molar-refractivity contribution in [3.8, 4) is 0 Å². The normalized spacial score (nSPS) is 22.3. The molecule has 0 amide bonds. The van der Waals surface area contributed by atoms with Gasteiger partial charge >= 0.3 is 0 Å². The van der Waals surface area contributed by atoms with Gasteiger partial charge in [0.15, 0.2) is 0 Å². The van der Waals surface area contributed by atoms with E-state index < -0.39 is 0 Å². The predicted molar refractivity (Wildman–Crippen MR) is 81.8 cm³/mol. The van der Waals surface area contributed by atoms with Crippen LogP contribution in [0.5, 0.6) is 0 Å². The van der Waals surface area contributed by atoms with Crippen molar-refractivity contribution in [2.75, 3.05) is 7.05 Å². The fourth-order valence-electron chi connectivity index (χ4n) is 3.51. The summed E-state index contributed by atoms with van der Waals surface area (Å²) in [5.74, 6) is 1.19. The maximum absolute atomic E-state index is 4.50. The highest BCUT2D eigenvalue weighted by Gasteiger charge is 2.28. The molecular formula is C17H23N3. The van der Waals surface area contributed by atoms with Gasteiger partial charge < -0.3 is 9.88 Å². The zero-order valence-electron chi connectivity index (χ0n) is 12.3. The first kappa shape index (κ1) is 13.4. The summed E-state index contributed by atoms with van der Waals surface area (Å²) in [7, 11) is 2.07. The van der Waals surface area contributed by atoms with Crippen LogP contribution >= 0.6 is 0 Å². The molecule has 0 fully saturated rings. The number of benzene rings is 1. The number of hydrogen-bond acceptors (Lipinski definition) is 2. The Kier molecular flexibility index (Phi) is 3.88. The van der Waals surface area contributed by atoms with Crippen LogP contribution in [0, 0.1) is 0 Å². The third-order valence-electron chi connectivity index (χ3n) is 4.45. The molecule has 1 heterocycles. The summed E-state index contributed by atoms with van der Waals surface area (Å²) in [4.78, 5) is 4.50. The van der Waals surface area contributed by atoms with Gasteiger partial charge in [0.1, 0.15) is 5.82 Å². The minimum absolute atomic E-state index is 0.369. The average Bonchev–Trinajstić information content (AvgIpc) is 2.88. The topological polar surface area (TPSA) is 29.9 Å². The number of rotatable bonds is 3. The third-order valence-corrected chi connectivity index (χ3v) is 4.45. The second-order valence-electron chi connectivity index (χ2n) is 5.53. The molecule has 20 heavy (non-hydrogen) atoms. The minimum atomic E-state index is 0.369. The fraction of sp³-hybridized carbons (Fsp3) is 0.471. The summed E-state index contributed by atoms with van der Waals surface area (Å²) in [5, 5.41) is 3.54. The molecule has 0 aliphatic heterocycles. The van der Waals surface area contributed by atoms with Crippen molar-refractivity contribution in [2.24, 2.45) is 0 Å². The van der Waals surface area contributed by atoms with E-state index in [1.54, 1.807) is 0 Å². The molecule has 0 saturated carbocycles. The lowest BCUT2D eigenvalue weighted by atomic mass is 9.96. The Balaban J connectivity index is 2.03. The second-order valence-corrected chi connectivity index (χ2v) is 5.53. The van der Waals surface area contributed by atoms with Crippen LogP contribution in [0.1, 0.15) is 48.8 Å². The molecule has 106 valence electrons. The van der Waals surface area contributed by atoms with Crippen LogP contribution in [0.2, 0.25) is 0 Å². The molecule has 1 aliphatic rings. The highest BCUT2D eigenvalue weighted by atomic mass is 15.1. The van der Waals surface area contributed by atoms with E-state index in [-0.39, 0.29) is 0 Å². The maximum Gasteiger partial charge on any atom is 0.108 e. The minimum Gasteiger partial charge on any atom is -0.330 e. The monoisotopic (exact) mass is 269 g/mol. The zero-order valence-corrected chi connectivity index (χ0v) is 12.3. The highest BCUT2D eigenvalue weighted by molar-refractivity contribution is 5.32. The number of hydrogen-bond donors (Lipinski definition) is 1. The van der Waals surface area contributed by atoms with E-state index in [0.29, 0.717) is 12.1 Å². The standard InChI is InChI=1S/C17H23N3/c1-3-16-19-11-12-20(16)15-10-6-8-13-7-4-5-9-14(13)17(15)18-2/h4-5,7,9,11-12,15,17-18H,3,6,8,10H2,1-2H3. The molecule has 0 radical (unpaired) electrons. The molecule has 1 aliphatic carbocycles. The van der Waals surface area contributed by atoms with Gasteiger partial charge in [0.2, 0.25) is 0 Å². The van der Waals surface area contributed by atoms with Gasteiger partial charge in [-0.2, -0.15) is 0 Å². The van der Waals surface area contributed by atoms with Gasteiger partial charge in [-0.05, 0) is 37.4 Å². The van der Waals surface area contributed by atoms with Crippen molar-refractivity contribution in [2.45, 2.75) is 44.7 Å². The van der Waals surface area contributed by atoms with Crippen LogP contribution in [0.4, 0.5) is 0 Å². The number of nitrogens with zero attached hydrogens (tertiary/aromatic N) is 2. The molecule has 1 aromatic carbocycles. The van der Waals surface area contributed by atoms with E-state index in [1.807, 2.05) is 6.20 Å². The Morgan fingerprint density at radius 2 is 2.20 bits per heavy atom. The Bertz CT molecular complexity index is 573. The van der Waals surface area contributed by atoms with Gasteiger partial charge in [0, 0.05) is 18.8 Å². The van der Waals surface area contributed by atoms with Crippen LogP contribution < -0.4 is 5.32 Å². The molecule has 2 unspecified atom stereocenters. The number of imidazole rings is 1. The van der Waals surface area contributed by atoms with Crippen LogP contribution in [0.3, 0.4) is 0 Å². The van der Waals surface area contributed by atoms with E-state index in [4.69, 9.17) is 0 Å². The van der Waals surface area contributed by atoms with E-state index >= 15 is 0 Å². The Morgan fingerprint density at radius 1 is 1.35 bits per heavy atom. The Morgan fingerprint density at radius 3 is 3.00 bits per heavy atom. The molecule has 1 aromatic heterocycles. The predicted octanol–water partition coefficient (Wildman–Crippen LogP) is 3.28. The second kappa shape index (κ2) is 5.80. The van der Waals surface area contributed by atoms with E-state index in [1.165, 1.54) is 36.2 Å². The van der Waals surface area contributed by atoms with Gasteiger partial charge in [-0.3, -0.25) is 0 Å². The van der Waals surface area contributed by atoms with E-state index in [0.717, 1.165) is 6.42 Å². The molecule has 3 rings (SSSR count). The summed E-state index contributed by atoms with van der Waals surface area (Å²) in [5.41, 5.74) is 2.95. The van der Waals surface area contributed by atoms with Crippen LogP contribution in [-0.2, 0) is 12.8 Å². The van der Waals surface area contributed by atoms with Crippen molar-refractivity contribution in [1.29, 1.82) is 0 Å². The Labute approximate surface area is 121 Å². The van der Waals surface area contributed by atoms with Crippen LogP contribution in [0.15, 0.2) is 36.7 Å². The molecule has 0 bridgehead atoms. The highest BCUT2D eigenvalue weighted by Crippen LogP contribution is 2.36. The SMILES string of the molecule is CCc1nccn1C1CCCc2ccccc2C1NC. The van der Waals surface area contributed by atoms with Gasteiger partial charge in [-0.15, -0.1) is 0 Å². The fourth-order valence-corrected chi connectivity index (χ4v) is 3.51. The summed E-state index contributed by atoms with van der Waals surface area (Å²) >= 11 is 0. The zero-order chi connectivity index (χ0) is 13.9. The summed E-state index contributed by atoms with van der Waals surface area (Å²) in [6, 6.07) is 9.68. The smallest absolute Gasteiger partial charge is 0.108 e. The molecular weight excluding hydrogens is 246 g/mol. The lowest BCUT2D eigenvalue weighted by Crippen LogP contribution is -2.28. The molecule has 2 aromatic rings. The lowest BCUT2D eigenvalue weighted by molar-refractivity contribution is 0.347. The number of nitrogens with one attached hydrogen (secondary N) is 1. The summed E-state index contributed by atoms with van der Waals surface area (Å²) < 4.78 is 2.38. The average molecular weight is 269 g/mol. The van der Waals surface area contributed by atoms with Gasteiger partial charge in [0.05, 0.1) is 12.1 Å². The van der Waals surface area contributed by atoms with Gasteiger partial charge in [0.25, 0.3) is 0 Å². The summed E-state index contributed by atoms with van der Waals surface area (Å²) in [6.07, 6.45) is 8.68. The van der Waals surface area contributed by atoms with E-state index in [2.05, 4.69) is 59.3 Å². The van der Waals surface area contributed by atoms with E-state index in [9.17, 15) is 0 Å². The first-order valence-corrected chi connectivity index (χ1v) is 7.62. The van der Waals surface area contributed by atoms with Crippen molar-refractivity contribution in [1.82, 2.24) is 14.9 Å². The summed E-state index contributed by atoms with van der Waals surface area (Å²) in [6.45, 7) is 2.18. The first-order valence-electron chi connectivity index (χ1n) is 7.62. The number of aryl methyl sites for hydroxylation is 2. The largest absolute Gasteiger partial charge is 0.330 e. The number of aromatic nitrogens is 2. The lowest BCUT2D eigenvalue weighted by Gasteiger charge is -2.28. The maximum atomic E-state index is 4.50. The molecule has 1 N–H and O–H groups in total. The van der Waals surface area contributed by atoms with Crippen LogP contribution in [0.25, 0.3) is 0 Å².